The molecule has 0 radical (unpaired) electrons. The maximum atomic E-state index is 11.9. The molecule has 0 bridgehead atoms. The van der Waals surface area contributed by atoms with Gasteiger partial charge in [-0.3, -0.25) is 0 Å². The number of rotatable bonds is 3. The van der Waals surface area contributed by atoms with Gasteiger partial charge >= 0.3 is 12.2 Å². The van der Waals surface area contributed by atoms with Crippen molar-refractivity contribution in [1.82, 2.24) is 10.6 Å². The highest BCUT2D eigenvalue weighted by Gasteiger charge is 2.49. The summed E-state index contributed by atoms with van der Waals surface area (Å²) in [5.74, 6) is 0. The molecule has 0 aromatic carbocycles. The summed E-state index contributed by atoms with van der Waals surface area (Å²) in [6.07, 6.45) is -3.75. The summed E-state index contributed by atoms with van der Waals surface area (Å²) in [4.78, 5) is 11.2. The molecule has 0 aliphatic heterocycles. The largest absolute Gasteiger partial charge is 0.405 e. The standard InChI is InChI=1S/C10H17F3N2O2/c1-9(2)6(4-7(9)17-3)15-8(16)14-5-10(11,12)13/h6-7H,4-5H2,1-3H3,(H2,14,15,16). The number of hydrogen-bond donors (Lipinski definition) is 2. The fraction of sp³-hybridized carbons (Fsp3) is 0.900. The van der Waals surface area contributed by atoms with Gasteiger partial charge < -0.3 is 15.4 Å². The molecule has 0 aromatic heterocycles. The molecule has 1 fully saturated rings. The fourth-order valence-corrected chi connectivity index (χ4v) is 1.92. The van der Waals surface area contributed by atoms with Crippen molar-refractivity contribution in [1.29, 1.82) is 0 Å². The lowest BCUT2D eigenvalue weighted by Crippen LogP contribution is -2.63. The predicted octanol–water partition coefficient (Wildman–Crippen LogP) is 1.66. The Morgan fingerprint density at radius 2 is 2.06 bits per heavy atom. The van der Waals surface area contributed by atoms with Gasteiger partial charge in [0.15, 0.2) is 0 Å². The molecule has 100 valence electrons. The van der Waals surface area contributed by atoms with Crippen molar-refractivity contribution < 1.29 is 22.7 Å². The van der Waals surface area contributed by atoms with E-state index in [9.17, 15) is 18.0 Å². The van der Waals surface area contributed by atoms with Crippen LogP contribution in [-0.4, -0.2) is 38.0 Å². The van der Waals surface area contributed by atoms with E-state index in [2.05, 4.69) is 5.32 Å². The number of hydrogen-bond acceptors (Lipinski definition) is 2. The van der Waals surface area contributed by atoms with E-state index in [4.69, 9.17) is 4.74 Å². The van der Waals surface area contributed by atoms with Crippen LogP contribution < -0.4 is 10.6 Å². The molecule has 2 amide bonds. The van der Waals surface area contributed by atoms with Crippen molar-refractivity contribution in [2.75, 3.05) is 13.7 Å². The first-order valence-electron chi connectivity index (χ1n) is 5.30. The molecular formula is C10H17F3N2O2. The molecule has 0 spiro atoms. The van der Waals surface area contributed by atoms with E-state index >= 15 is 0 Å². The second-order valence-electron chi connectivity index (χ2n) is 4.78. The summed E-state index contributed by atoms with van der Waals surface area (Å²) >= 11 is 0. The Labute approximate surface area is 97.9 Å². The average Bonchev–Trinajstić information content (AvgIpc) is 2.19. The Kier molecular flexibility index (Phi) is 3.91. The topological polar surface area (TPSA) is 50.4 Å². The quantitative estimate of drug-likeness (QED) is 0.804. The van der Waals surface area contributed by atoms with Gasteiger partial charge in [-0.1, -0.05) is 13.8 Å². The second kappa shape index (κ2) is 4.72. The van der Waals surface area contributed by atoms with Crippen molar-refractivity contribution in [3.8, 4) is 0 Å². The summed E-state index contributed by atoms with van der Waals surface area (Å²) in [5, 5.41) is 4.29. The zero-order chi connectivity index (χ0) is 13.3. The Balaban J connectivity index is 2.34. The first kappa shape index (κ1) is 14.1. The molecule has 7 heteroatoms. The third-order valence-corrected chi connectivity index (χ3v) is 3.22. The van der Waals surface area contributed by atoms with Crippen LogP contribution in [0.2, 0.25) is 0 Å². The molecule has 2 unspecified atom stereocenters. The number of amides is 2. The monoisotopic (exact) mass is 254 g/mol. The van der Waals surface area contributed by atoms with Gasteiger partial charge in [0.1, 0.15) is 6.54 Å². The van der Waals surface area contributed by atoms with Crippen LogP contribution in [0.5, 0.6) is 0 Å². The zero-order valence-electron chi connectivity index (χ0n) is 10.0. The van der Waals surface area contributed by atoms with Crippen molar-refractivity contribution in [3.05, 3.63) is 0 Å². The van der Waals surface area contributed by atoms with Crippen molar-refractivity contribution in [3.63, 3.8) is 0 Å². The lowest BCUT2D eigenvalue weighted by atomic mass is 9.64. The van der Waals surface area contributed by atoms with E-state index < -0.39 is 18.8 Å². The lowest BCUT2D eigenvalue weighted by molar-refractivity contribution is -0.123. The molecule has 1 saturated carbocycles. The van der Waals surface area contributed by atoms with Gasteiger partial charge in [0.25, 0.3) is 0 Å². The molecule has 2 atom stereocenters. The van der Waals surface area contributed by atoms with Crippen LogP contribution in [0.25, 0.3) is 0 Å². The van der Waals surface area contributed by atoms with E-state index in [1.807, 2.05) is 13.8 Å². The zero-order valence-corrected chi connectivity index (χ0v) is 10.0. The van der Waals surface area contributed by atoms with Gasteiger partial charge in [-0.05, 0) is 6.42 Å². The molecule has 1 rings (SSSR count). The fourth-order valence-electron chi connectivity index (χ4n) is 1.92. The van der Waals surface area contributed by atoms with Crippen LogP contribution >= 0.6 is 0 Å². The molecule has 1 aliphatic carbocycles. The third kappa shape index (κ3) is 3.49. The highest BCUT2D eigenvalue weighted by atomic mass is 19.4. The lowest BCUT2D eigenvalue weighted by Gasteiger charge is -2.51. The van der Waals surface area contributed by atoms with E-state index in [0.717, 1.165) is 0 Å². The van der Waals surface area contributed by atoms with Gasteiger partial charge in [0.2, 0.25) is 0 Å². The van der Waals surface area contributed by atoms with Gasteiger partial charge in [-0.25, -0.2) is 4.79 Å². The van der Waals surface area contributed by atoms with E-state index in [-0.39, 0.29) is 17.6 Å². The van der Waals surface area contributed by atoms with Crippen LogP contribution in [0, 0.1) is 5.41 Å². The van der Waals surface area contributed by atoms with Crippen LogP contribution in [0.1, 0.15) is 20.3 Å². The highest BCUT2D eigenvalue weighted by Crippen LogP contribution is 2.42. The van der Waals surface area contributed by atoms with E-state index in [1.165, 1.54) is 0 Å². The Bertz CT molecular complexity index is 292. The van der Waals surface area contributed by atoms with Crippen LogP contribution in [0.3, 0.4) is 0 Å². The van der Waals surface area contributed by atoms with Gasteiger partial charge in [-0.2, -0.15) is 13.2 Å². The molecule has 0 saturated heterocycles. The second-order valence-corrected chi connectivity index (χ2v) is 4.78. The minimum Gasteiger partial charge on any atom is -0.381 e. The number of nitrogens with one attached hydrogen (secondary N) is 2. The Morgan fingerprint density at radius 1 is 1.47 bits per heavy atom. The normalized spacial score (nSPS) is 27.2. The summed E-state index contributed by atoms with van der Waals surface area (Å²) in [7, 11) is 1.58. The summed E-state index contributed by atoms with van der Waals surface area (Å²) in [5.41, 5.74) is -0.260. The SMILES string of the molecule is COC1CC(NC(=O)NCC(F)(F)F)C1(C)C. The third-order valence-electron chi connectivity index (χ3n) is 3.22. The number of methoxy groups -OCH3 is 1. The minimum atomic E-state index is -4.39. The number of carbonyl (C=O) groups excluding carboxylic acids is 1. The van der Waals surface area contributed by atoms with E-state index in [0.29, 0.717) is 6.42 Å². The first-order valence-corrected chi connectivity index (χ1v) is 5.30. The number of urea groups is 1. The minimum absolute atomic E-state index is 0.0235. The van der Waals surface area contributed by atoms with Crippen LogP contribution in [0.15, 0.2) is 0 Å². The van der Waals surface area contributed by atoms with Gasteiger partial charge in [0, 0.05) is 18.6 Å². The average molecular weight is 254 g/mol. The van der Waals surface area contributed by atoms with Crippen molar-refractivity contribution >= 4 is 6.03 Å². The number of ether oxygens (including phenoxy) is 1. The number of halogens is 3. The first-order chi connectivity index (χ1) is 7.66. The van der Waals surface area contributed by atoms with E-state index in [1.54, 1.807) is 12.4 Å². The van der Waals surface area contributed by atoms with Gasteiger partial charge in [0.05, 0.1) is 6.10 Å². The maximum Gasteiger partial charge on any atom is 0.405 e. The predicted molar refractivity (Wildman–Crippen MR) is 55.6 cm³/mol. The number of carbonyl (C=O) groups is 1. The summed E-state index contributed by atoms with van der Waals surface area (Å²) in [6.45, 7) is 2.48. The molecule has 1 aliphatic rings. The highest BCUT2D eigenvalue weighted by molar-refractivity contribution is 5.74. The van der Waals surface area contributed by atoms with Crippen LogP contribution in [0.4, 0.5) is 18.0 Å². The maximum absolute atomic E-state index is 11.9. The van der Waals surface area contributed by atoms with Crippen molar-refractivity contribution in [2.45, 2.75) is 38.6 Å². The molecule has 0 aromatic rings. The van der Waals surface area contributed by atoms with Crippen molar-refractivity contribution in [2.24, 2.45) is 5.41 Å². The smallest absolute Gasteiger partial charge is 0.381 e. The molecule has 4 nitrogen and oxygen atoms in total. The van der Waals surface area contributed by atoms with Crippen LogP contribution in [-0.2, 0) is 4.74 Å². The molecule has 17 heavy (non-hydrogen) atoms. The van der Waals surface area contributed by atoms with Gasteiger partial charge in [-0.15, -0.1) is 0 Å². The molecule has 0 heterocycles. The summed E-state index contributed by atoms with van der Waals surface area (Å²) in [6, 6.07) is -0.962. The summed E-state index contributed by atoms with van der Waals surface area (Å²) < 4.78 is 40.7. The molecule has 2 N–H and O–H groups in total. The molecular weight excluding hydrogens is 237 g/mol. The Hall–Kier alpha value is -0.980. The number of alkyl halides is 3. The Morgan fingerprint density at radius 3 is 2.47 bits per heavy atom.